The van der Waals surface area contributed by atoms with Gasteiger partial charge in [-0.3, -0.25) is 4.90 Å². The second-order valence-electron chi connectivity index (χ2n) is 6.83. The van der Waals surface area contributed by atoms with Crippen LogP contribution in [0.5, 0.6) is 0 Å². The molecule has 3 unspecified atom stereocenters. The highest BCUT2D eigenvalue weighted by Gasteiger charge is 2.38. The number of rotatable bonds is 3. The van der Waals surface area contributed by atoms with Crippen molar-refractivity contribution in [3.63, 3.8) is 0 Å². The molecular formula is C15H28BrN. The van der Waals surface area contributed by atoms with Gasteiger partial charge in [0.1, 0.15) is 0 Å². The summed E-state index contributed by atoms with van der Waals surface area (Å²) in [6, 6.07) is 0.780. The average Bonchev–Trinajstić information content (AvgIpc) is 2.74. The Balaban J connectivity index is 2.00. The van der Waals surface area contributed by atoms with Gasteiger partial charge in [0.05, 0.1) is 0 Å². The molecule has 17 heavy (non-hydrogen) atoms. The third-order valence-corrected chi connectivity index (χ3v) is 6.40. The standard InChI is InChI=1S/C15H28BrN/c1-12-8-13(2)14(3)17(9-12)11-15(10-16)6-4-5-7-15/h12-14H,4-11H2,1-3H3. The van der Waals surface area contributed by atoms with E-state index in [1.807, 2.05) is 0 Å². The summed E-state index contributed by atoms with van der Waals surface area (Å²) in [7, 11) is 0. The van der Waals surface area contributed by atoms with E-state index >= 15 is 0 Å². The first-order valence-corrected chi connectivity index (χ1v) is 8.48. The summed E-state index contributed by atoms with van der Waals surface area (Å²) in [4.78, 5) is 2.78. The molecule has 100 valence electrons. The van der Waals surface area contributed by atoms with E-state index < -0.39 is 0 Å². The Labute approximate surface area is 115 Å². The van der Waals surface area contributed by atoms with Gasteiger partial charge >= 0.3 is 0 Å². The van der Waals surface area contributed by atoms with E-state index in [-0.39, 0.29) is 0 Å². The van der Waals surface area contributed by atoms with Gasteiger partial charge in [0.2, 0.25) is 0 Å². The van der Waals surface area contributed by atoms with E-state index in [9.17, 15) is 0 Å². The molecule has 0 aromatic carbocycles. The maximum absolute atomic E-state index is 3.78. The largest absolute Gasteiger partial charge is 0.300 e. The van der Waals surface area contributed by atoms with Crippen LogP contribution in [0.3, 0.4) is 0 Å². The Morgan fingerprint density at radius 3 is 2.41 bits per heavy atom. The summed E-state index contributed by atoms with van der Waals surface area (Å²) < 4.78 is 0. The molecule has 1 aliphatic heterocycles. The molecular weight excluding hydrogens is 274 g/mol. The number of hydrogen-bond acceptors (Lipinski definition) is 1. The van der Waals surface area contributed by atoms with Crippen molar-refractivity contribution in [1.82, 2.24) is 4.90 Å². The van der Waals surface area contributed by atoms with Crippen molar-refractivity contribution in [3.8, 4) is 0 Å². The zero-order valence-electron chi connectivity index (χ0n) is 11.7. The SMILES string of the molecule is CC1CC(C)C(C)N(CC2(CBr)CCCC2)C1. The Bertz CT molecular complexity index is 247. The van der Waals surface area contributed by atoms with Gasteiger partial charge in [-0.25, -0.2) is 0 Å². The fraction of sp³-hybridized carbons (Fsp3) is 1.00. The summed E-state index contributed by atoms with van der Waals surface area (Å²) in [5.74, 6) is 1.75. The van der Waals surface area contributed by atoms with Crippen molar-refractivity contribution >= 4 is 15.9 Å². The Kier molecular flexibility index (Phi) is 4.57. The highest BCUT2D eigenvalue weighted by Crippen LogP contribution is 2.42. The molecule has 0 aromatic heterocycles. The number of alkyl halides is 1. The van der Waals surface area contributed by atoms with Crippen molar-refractivity contribution in [1.29, 1.82) is 0 Å². The average molecular weight is 302 g/mol. The molecule has 1 nitrogen and oxygen atoms in total. The van der Waals surface area contributed by atoms with E-state index in [1.165, 1.54) is 50.5 Å². The summed E-state index contributed by atoms with van der Waals surface area (Å²) >= 11 is 3.78. The minimum atomic E-state index is 0.588. The van der Waals surface area contributed by atoms with Crippen LogP contribution in [0.4, 0.5) is 0 Å². The molecule has 0 radical (unpaired) electrons. The van der Waals surface area contributed by atoms with Crippen LogP contribution in [-0.2, 0) is 0 Å². The second-order valence-corrected chi connectivity index (χ2v) is 7.39. The Morgan fingerprint density at radius 2 is 1.82 bits per heavy atom. The van der Waals surface area contributed by atoms with Gasteiger partial charge in [-0.2, -0.15) is 0 Å². The molecule has 2 fully saturated rings. The monoisotopic (exact) mass is 301 g/mol. The summed E-state index contributed by atoms with van der Waals surface area (Å²) in [6.07, 6.45) is 7.17. The highest BCUT2D eigenvalue weighted by atomic mass is 79.9. The van der Waals surface area contributed by atoms with Crippen LogP contribution < -0.4 is 0 Å². The predicted molar refractivity (Wildman–Crippen MR) is 78.7 cm³/mol. The smallest absolute Gasteiger partial charge is 0.0100 e. The lowest BCUT2D eigenvalue weighted by molar-refractivity contribution is 0.0446. The highest BCUT2D eigenvalue weighted by molar-refractivity contribution is 9.09. The maximum atomic E-state index is 3.78. The lowest BCUT2D eigenvalue weighted by atomic mass is 9.82. The molecule has 0 aromatic rings. The normalized spacial score (nSPS) is 38.5. The molecule has 0 N–H and O–H groups in total. The number of halogens is 1. The van der Waals surface area contributed by atoms with Gasteiger partial charge in [0.25, 0.3) is 0 Å². The van der Waals surface area contributed by atoms with E-state index in [0.29, 0.717) is 5.41 Å². The maximum Gasteiger partial charge on any atom is 0.0100 e. The first-order valence-electron chi connectivity index (χ1n) is 7.36. The predicted octanol–water partition coefficient (Wildman–Crippen LogP) is 4.31. The molecule has 1 heterocycles. The molecule has 1 aliphatic carbocycles. The Hall–Kier alpha value is 0.440. The van der Waals surface area contributed by atoms with Crippen molar-refractivity contribution in [2.24, 2.45) is 17.3 Å². The molecule has 1 saturated carbocycles. The fourth-order valence-electron chi connectivity index (χ4n) is 3.93. The molecule has 2 heteroatoms. The zero-order valence-corrected chi connectivity index (χ0v) is 13.3. The van der Waals surface area contributed by atoms with Crippen molar-refractivity contribution in [2.45, 2.75) is 58.9 Å². The zero-order chi connectivity index (χ0) is 12.5. The topological polar surface area (TPSA) is 3.24 Å². The van der Waals surface area contributed by atoms with Crippen LogP contribution in [0.2, 0.25) is 0 Å². The second kappa shape index (κ2) is 5.61. The van der Waals surface area contributed by atoms with Gasteiger partial charge in [0, 0.05) is 24.5 Å². The lowest BCUT2D eigenvalue weighted by Gasteiger charge is -2.45. The van der Waals surface area contributed by atoms with Crippen LogP contribution in [-0.4, -0.2) is 29.4 Å². The first-order chi connectivity index (χ1) is 8.06. The van der Waals surface area contributed by atoms with Crippen molar-refractivity contribution in [2.75, 3.05) is 18.4 Å². The molecule has 0 bridgehead atoms. The third kappa shape index (κ3) is 3.07. The quantitative estimate of drug-likeness (QED) is 0.702. The number of hydrogen-bond donors (Lipinski definition) is 0. The van der Waals surface area contributed by atoms with E-state index in [4.69, 9.17) is 0 Å². The van der Waals surface area contributed by atoms with Crippen molar-refractivity contribution < 1.29 is 0 Å². The minimum Gasteiger partial charge on any atom is -0.300 e. The van der Waals surface area contributed by atoms with Crippen LogP contribution >= 0.6 is 15.9 Å². The van der Waals surface area contributed by atoms with Gasteiger partial charge in [-0.1, -0.05) is 42.6 Å². The number of piperidine rings is 1. The Morgan fingerprint density at radius 1 is 1.18 bits per heavy atom. The summed E-state index contributed by atoms with van der Waals surface area (Å²) in [5.41, 5.74) is 0.588. The van der Waals surface area contributed by atoms with Gasteiger partial charge in [0.15, 0.2) is 0 Å². The van der Waals surface area contributed by atoms with Crippen LogP contribution in [0.1, 0.15) is 52.9 Å². The minimum absolute atomic E-state index is 0.588. The first kappa shape index (κ1) is 13.9. The summed E-state index contributed by atoms with van der Waals surface area (Å²) in [6.45, 7) is 9.94. The number of likely N-dealkylation sites (tertiary alicyclic amines) is 1. The van der Waals surface area contributed by atoms with Gasteiger partial charge in [-0.05, 0) is 43.4 Å². The molecule has 0 spiro atoms. The third-order valence-electron chi connectivity index (χ3n) is 5.21. The molecule has 2 rings (SSSR count). The van der Waals surface area contributed by atoms with E-state index in [1.54, 1.807) is 0 Å². The van der Waals surface area contributed by atoms with E-state index in [2.05, 4.69) is 41.6 Å². The lowest BCUT2D eigenvalue weighted by Crippen LogP contribution is -2.50. The fourth-order valence-corrected chi connectivity index (χ4v) is 4.67. The van der Waals surface area contributed by atoms with Crippen LogP contribution in [0.25, 0.3) is 0 Å². The molecule has 1 saturated heterocycles. The molecule has 2 aliphatic rings. The molecule has 3 atom stereocenters. The van der Waals surface area contributed by atoms with Crippen LogP contribution in [0, 0.1) is 17.3 Å². The van der Waals surface area contributed by atoms with E-state index in [0.717, 1.165) is 17.9 Å². The molecule has 0 amide bonds. The van der Waals surface area contributed by atoms with Gasteiger partial charge < -0.3 is 0 Å². The van der Waals surface area contributed by atoms with Crippen LogP contribution in [0.15, 0.2) is 0 Å². The number of nitrogens with zero attached hydrogens (tertiary/aromatic N) is 1. The van der Waals surface area contributed by atoms with Crippen molar-refractivity contribution in [3.05, 3.63) is 0 Å². The summed E-state index contributed by atoms with van der Waals surface area (Å²) in [5, 5.41) is 1.20. The van der Waals surface area contributed by atoms with Gasteiger partial charge in [-0.15, -0.1) is 0 Å².